The number of aliphatic imine (C=N–C) groups is 1. The third-order valence-corrected chi connectivity index (χ3v) is 2.32. The van der Waals surface area contributed by atoms with E-state index in [9.17, 15) is 0 Å². The summed E-state index contributed by atoms with van der Waals surface area (Å²) in [6.07, 6.45) is 1.52. The molecule has 0 unspecified atom stereocenters. The fraction of sp³-hybridized carbons (Fsp3) is 0.444. The molecule has 62 valence electrons. The number of nitrogens with zero attached hydrogens (tertiary/aromatic N) is 1. The second kappa shape index (κ2) is 4.39. The van der Waals surface area contributed by atoms with E-state index in [1.807, 2.05) is 0 Å². The summed E-state index contributed by atoms with van der Waals surface area (Å²) in [7, 11) is 0. The molecule has 0 N–H and O–H groups in total. The fourth-order valence-corrected chi connectivity index (χ4v) is 0.942. The Hall–Kier alpha value is -0.500. The van der Waals surface area contributed by atoms with Crippen LogP contribution in [0.5, 0.6) is 0 Å². The van der Waals surface area contributed by atoms with Gasteiger partial charge in [-0.1, -0.05) is 45.7 Å². The normalized spacial score (nSPS) is 11.9. The van der Waals surface area contributed by atoms with E-state index in [1.165, 1.54) is 6.20 Å². The Balaban J connectivity index is 3.89. The summed E-state index contributed by atoms with van der Waals surface area (Å²) < 4.78 is 0. The van der Waals surface area contributed by atoms with Gasteiger partial charge in [0.2, 0.25) is 0 Å². The van der Waals surface area contributed by atoms with Crippen molar-refractivity contribution in [2.75, 3.05) is 0 Å². The van der Waals surface area contributed by atoms with Crippen molar-refractivity contribution in [2.45, 2.75) is 20.8 Å². The maximum atomic E-state index is 3.94. The zero-order valence-corrected chi connectivity index (χ0v) is 8.24. The first kappa shape index (κ1) is 10.5. The highest BCUT2D eigenvalue weighted by Crippen LogP contribution is 2.31. The lowest BCUT2D eigenvalue weighted by Gasteiger charge is -2.18. The number of allylic oxidation sites excluding steroid dienone is 1. The molecule has 0 atom stereocenters. The molecule has 11 heavy (non-hydrogen) atoms. The molecule has 0 fully saturated rings. The smallest absolute Gasteiger partial charge is 0.0641 e. The number of hydrogen-bond acceptors (Lipinski definition) is 2. The largest absolute Gasteiger partial charge is 0.258 e. The molecule has 2 heteroatoms. The first-order valence-corrected chi connectivity index (χ1v) is 4.35. The van der Waals surface area contributed by atoms with Crippen LogP contribution in [-0.4, -0.2) is 5.55 Å². The van der Waals surface area contributed by atoms with Crippen molar-refractivity contribution in [3.05, 3.63) is 24.3 Å². The molecule has 0 saturated heterocycles. The Labute approximate surface area is 73.3 Å². The lowest BCUT2D eigenvalue weighted by Crippen LogP contribution is -2.04. The zero-order valence-electron chi connectivity index (χ0n) is 7.42. The monoisotopic (exact) mass is 169 g/mol. The molecular weight excluding hydrogens is 154 g/mol. The molecule has 0 radical (unpaired) electrons. The minimum atomic E-state index is 0.151. The second-order valence-electron chi connectivity index (χ2n) is 3.23. The Morgan fingerprint density at radius 1 is 1.45 bits per heavy atom. The Morgan fingerprint density at radius 3 is 2.36 bits per heavy atom. The van der Waals surface area contributed by atoms with Crippen molar-refractivity contribution >= 4 is 17.3 Å². The molecule has 0 aliphatic rings. The third-order valence-electron chi connectivity index (χ3n) is 1.20. The molecule has 0 aromatic heterocycles. The molecule has 0 aliphatic heterocycles. The van der Waals surface area contributed by atoms with Crippen LogP contribution in [0.1, 0.15) is 20.8 Å². The molecule has 0 aliphatic carbocycles. The fourth-order valence-electron chi connectivity index (χ4n) is 0.314. The van der Waals surface area contributed by atoms with E-state index in [2.05, 4.69) is 38.9 Å². The van der Waals surface area contributed by atoms with Crippen LogP contribution in [0.4, 0.5) is 0 Å². The number of thioether (sulfide) groups is 1. The first-order valence-electron chi connectivity index (χ1n) is 3.47. The Morgan fingerprint density at radius 2 is 2.00 bits per heavy atom. The molecule has 0 saturated carbocycles. The highest BCUT2D eigenvalue weighted by molar-refractivity contribution is 8.15. The van der Waals surface area contributed by atoms with Gasteiger partial charge < -0.3 is 0 Å². The van der Waals surface area contributed by atoms with Gasteiger partial charge in [-0.2, -0.15) is 0 Å². The van der Waals surface area contributed by atoms with Crippen LogP contribution in [0.2, 0.25) is 0 Å². The predicted octanol–water partition coefficient (Wildman–Crippen LogP) is 3.45. The quantitative estimate of drug-likeness (QED) is 0.465. The maximum absolute atomic E-state index is 3.94. The van der Waals surface area contributed by atoms with E-state index in [0.717, 1.165) is 4.91 Å². The van der Waals surface area contributed by atoms with Gasteiger partial charge in [-0.25, -0.2) is 0 Å². The minimum Gasteiger partial charge on any atom is -0.258 e. The van der Waals surface area contributed by atoms with Crippen LogP contribution in [-0.2, 0) is 0 Å². The van der Waals surface area contributed by atoms with Crippen LogP contribution >= 0.6 is 11.8 Å². The maximum Gasteiger partial charge on any atom is 0.0641 e. The molecule has 0 bridgehead atoms. The van der Waals surface area contributed by atoms with Crippen molar-refractivity contribution in [3.63, 3.8) is 0 Å². The summed E-state index contributed by atoms with van der Waals surface area (Å²) in [6, 6.07) is 0. The summed E-state index contributed by atoms with van der Waals surface area (Å²) in [5, 5.41) is 0. The van der Waals surface area contributed by atoms with Crippen molar-refractivity contribution in [2.24, 2.45) is 10.4 Å². The summed E-state index contributed by atoms with van der Waals surface area (Å²) in [6.45, 7) is 13.8. The summed E-state index contributed by atoms with van der Waals surface area (Å²) in [5.74, 6) is 0. The van der Waals surface area contributed by atoms with Crippen LogP contribution in [0.3, 0.4) is 0 Å². The molecule has 0 aromatic rings. The molecular formula is C9H15NS. The number of hydrogen-bond donors (Lipinski definition) is 0. The van der Waals surface area contributed by atoms with Gasteiger partial charge in [0.1, 0.15) is 0 Å². The lowest BCUT2D eigenvalue weighted by molar-refractivity contribution is 0.535. The predicted molar refractivity (Wildman–Crippen MR) is 54.9 cm³/mol. The van der Waals surface area contributed by atoms with E-state index in [1.54, 1.807) is 17.3 Å². The van der Waals surface area contributed by atoms with E-state index < -0.39 is 0 Å². The summed E-state index contributed by atoms with van der Waals surface area (Å²) >= 11 is 1.55. The van der Waals surface area contributed by atoms with Gasteiger partial charge in [-0.05, 0) is 10.3 Å². The first-order chi connectivity index (χ1) is 4.98. The van der Waals surface area contributed by atoms with Gasteiger partial charge in [0, 0.05) is 6.20 Å². The molecule has 0 rings (SSSR count). The van der Waals surface area contributed by atoms with E-state index in [-0.39, 0.29) is 5.41 Å². The van der Waals surface area contributed by atoms with Crippen LogP contribution < -0.4 is 0 Å². The molecule has 1 nitrogen and oxygen atoms in total. The standard InChI is InChI=1S/C9H15NS/c1-6-10-7-11-8(2)9(3,4)5/h6-7H,1-2H2,3-5H3. The molecule has 0 amide bonds. The molecule has 0 heterocycles. The van der Waals surface area contributed by atoms with Crippen molar-refractivity contribution < 1.29 is 0 Å². The van der Waals surface area contributed by atoms with Gasteiger partial charge in [-0.15, -0.1) is 0 Å². The minimum absolute atomic E-state index is 0.151. The second-order valence-corrected chi connectivity index (χ2v) is 4.17. The van der Waals surface area contributed by atoms with Crippen LogP contribution in [0, 0.1) is 5.41 Å². The van der Waals surface area contributed by atoms with E-state index in [4.69, 9.17) is 0 Å². The van der Waals surface area contributed by atoms with Gasteiger partial charge >= 0.3 is 0 Å². The highest BCUT2D eigenvalue weighted by Gasteiger charge is 2.13. The zero-order chi connectivity index (χ0) is 8.91. The highest BCUT2D eigenvalue weighted by atomic mass is 32.2. The van der Waals surface area contributed by atoms with Crippen LogP contribution in [0.25, 0.3) is 0 Å². The van der Waals surface area contributed by atoms with Crippen molar-refractivity contribution in [1.82, 2.24) is 0 Å². The summed E-state index contributed by atoms with van der Waals surface area (Å²) in [4.78, 5) is 4.98. The third kappa shape index (κ3) is 4.85. The average Bonchev–Trinajstić information content (AvgIpc) is 1.86. The SMILES string of the molecule is C=CN=CSC(=C)C(C)(C)C. The van der Waals surface area contributed by atoms with Crippen molar-refractivity contribution in [1.29, 1.82) is 0 Å². The Bertz CT molecular complexity index is 174. The number of rotatable bonds is 3. The molecule has 0 aromatic carbocycles. The van der Waals surface area contributed by atoms with E-state index in [0.29, 0.717) is 0 Å². The van der Waals surface area contributed by atoms with Crippen LogP contribution in [0.15, 0.2) is 29.3 Å². The van der Waals surface area contributed by atoms with Gasteiger partial charge in [0.25, 0.3) is 0 Å². The lowest BCUT2D eigenvalue weighted by atomic mass is 9.97. The topological polar surface area (TPSA) is 12.4 Å². The molecule has 0 spiro atoms. The average molecular weight is 169 g/mol. The van der Waals surface area contributed by atoms with Gasteiger partial charge in [0.15, 0.2) is 0 Å². The van der Waals surface area contributed by atoms with Gasteiger partial charge in [-0.3, -0.25) is 4.99 Å². The van der Waals surface area contributed by atoms with Crippen molar-refractivity contribution in [3.8, 4) is 0 Å². The Kier molecular flexibility index (Phi) is 4.19. The van der Waals surface area contributed by atoms with Gasteiger partial charge in [0.05, 0.1) is 5.55 Å². The summed E-state index contributed by atoms with van der Waals surface area (Å²) in [5.41, 5.74) is 1.90. The van der Waals surface area contributed by atoms with E-state index >= 15 is 0 Å².